The molecule has 0 unspecified atom stereocenters. The molecule has 0 atom stereocenters. The number of anilines is 1. The lowest BCUT2D eigenvalue weighted by molar-refractivity contribution is -0.142. The smallest absolute Gasteiger partial charge is 0.387 e. The van der Waals surface area contributed by atoms with Gasteiger partial charge in [0.2, 0.25) is 0 Å². The molecule has 0 radical (unpaired) electrons. The predicted molar refractivity (Wildman–Crippen MR) is 62.8 cm³/mol. The molecule has 100 valence electrons. The summed E-state index contributed by atoms with van der Waals surface area (Å²) in [5.41, 5.74) is 6.06. The topological polar surface area (TPSA) is 61.5 Å². The van der Waals surface area contributed by atoms with Gasteiger partial charge in [0, 0.05) is 17.3 Å². The van der Waals surface area contributed by atoms with E-state index < -0.39 is 12.6 Å². The van der Waals surface area contributed by atoms with Crippen LogP contribution >= 0.6 is 11.6 Å². The summed E-state index contributed by atoms with van der Waals surface area (Å²) in [6, 6.07) is 2.37. The van der Waals surface area contributed by atoms with Crippen molar-refractivity contribution in [1.82, 2.24) is 0 Å². The summed E-state index contributed by atoms with van der Waals surface area (Å²) >= 11 is 5.85. The number of halogens is 3. The number of ether oxygens (including phenoxy) is 2. The average Bonchev–Trinajstić information content (AvgIpc) is 2.23. The molecule has 0 amide bonds. The highest BCUT2D eigenvalue weighted by Gasteiger charge is 2.14. The third kappa shape index (κ3) is 4.03. The van der Waals surface area contributed by atoms with Crippen LogP contribution in [0.5, 0.6) is 5.75 Å². The minimum Gasteiger partial charge on any atom is -0.466 e. The fourth-order valence-corrected chi connectivity index (χ4v) is 1.63. The van der Waals surface area contributed by atoms with Crippen molar-refractivity contribution in [2.75, 3.05) is 12.3 Å². The SMILES string of the molecule is CCOC(=O)Cc1c(N)cc(OC(F)F)cc1Cl. The zero-order valence-electron chi connectivity index (χ0n) is 9.58. The standard InChI is InChI=1S/C11H12ClF2NO3/c1-2-17-10(16)5-7-8(12)3-6(4-9(7)15)18-11(13)14/h3-4,11H,2,5,15H2,1H3. The zero-order valence-corrected chi connectivity index (χ0v) is 10.3. The zero-order chi connectivity index (χ0) is 13.7. The van der Waals surface area contributed by atoms with Crippen LogP contribution in [-0.2, 0) is 16.0 Å². The Labute approximate surface area is 108 Å². The normalized spacial score (nSPS) is 10.5. The summed E-state index contributed by atoms with van der Waals surface area (Å²) < 4.78 is 32.9. The van der Waals surface area contributed by atoms with Crippen LogP contribution in [0, 0.1) is 0 Å². The van der Waals surface area contributed by atoms with Gasteiger partial charge in [0.25, 0.3) is 0 Å². The van der Waals surface area contributed by atoms with Gasteiger partial charge in [-0.15, -0.1) is 0 Å². The van der Waals surface area contributed by atoms with E-state index in [0.717, 1.165) is 0 Å². The van der Waals surface area contributed by atoms with Crippen molar-refractivity contribution in [3.05, 3.63) is 22.7 Å². The Morgan fingerprint density at radius 1 is 1.50 bits per heavy atom. The van der Waals surface area contributed by atoms with Gasteiger partial charge >= 0.3 is 12.6 Å². The van der Waals surface area contributed by atoms with Crippen LogP contribution in [0.4, 0.5) is 14.5 Å². The van der Waals surface area contributed by atoms with E-state index in [1.165, 1.54) is 12.1 Å². The molecule has 0 aromatic heterocycles. The summed E-state index contributed by atoms with van der Waals surface area (Å²) in [7, 11) is 0. The molecule has 0 bridgehead atoms. The Kier molecular flexibility index (Phi) is 5.15. The van der Waals surface area contributed by atoms with E-state index in [-0.39, 0.29) is 29.5 Å². The molecular formula is C11H12ClF2NO3. The van der Waals surface area contributed by atoms with Gasteiger partial charge in [-0.25, -0.2) is 0 Å². The van der Waals surface area contributed by atoms with Crippen LogP contribution in [0.15, 0.2) is 12.1 Å². The van der Waals surface area contributed by atoms with E-state index in [1.807, 2.05) is 0 Å². The van der Waals surface area contributed by atoms with Crippen molar-refractivity contribution in [3.63, 3.8) is 0 Å². The molecular weight excluding hydrogens is 268 g/mol. The molecule has 0 saturated heterocycles. The quantitative estimate of drug-likeness (QED) is 0.665. The third-order valence-electron chi connectivity index (χ3n) is 2.06. The average molecular weight is 280 g/mol. The lowest BCUT2D eigenvalue weighted by atomic mass is 10.1. The summed E-state index contributed by atoms with van der Waals surface area (Å²) in [5, 5.41) is 0.0821. The van der Waals surface area contributed by atoms with Crippen LogP contribution < -0.4 is 10.5 Å². The first-order valence-electron chi connectivity index (χ1n) is 5.12. The van der Waals surface area contributed by atoms with Crippen LogP contribution in [0.3, 0.4) is 0 Å². The van der Waals surface area contributed by atoms with Crippen molar-refractivity contribution in [2.45, 2.75) is 20.0 Å². The molecule has 1 aromatic carbocycles. The Morgan fingerprint density at radius 3 is 2.67 bits per heavy atom. The summed E-state index contributed by atoms with van der Waals surface area (Å²) in [5.74, 6) is -0.645. The third-order valence-corrected chi connectivity index (χ3v) is 2.39. The van der Waals surface area contributed by atoms with Gasteiger partial charge in [0.1, 0.15) is 5.75 Å². The van der Waals surface area contributed by atoms with Crippen LogP contribution in [0.1, 0.15) is 12.5 Å². The highest BCUT2D eigenvalue weighted by atomic mass is 35.5. The lowest BCUT2D eigenvalue weighted by Gasteiger charge is -2.11. The maximum Gasteiger partial charge on any atom is 0.387 e. The monoisotopic (exact) mass is 279 g/mol. The number of nitrogens with two attached hydrogens (primary N) is 1. The maximum absolute atomic E-state index is 12.0. The molecule has 18 heavy (non-hydrogen) atoms. The largest absolute Gasteiger partial charge is 0.466 e. The summed E-state index contributed by atoms with van der Waals surface area (Å²) in [4.78, 5) is 11.3. The molecule has 1 rings (SSSR count). The maximum atomic E-state index is 12.0. The first kappa shape index (κ1) is 14.5. The van der Waals surface area contributed by atoms with Crippen LogP contribution in [-0.4, -0.2) is 19.2 Å². The minimum absolute atomic E-state index is 0.0821. The van der Waals surface area contributed by atoms with Gasteiger partial charge in [0.15, 0.2) is 0 Å². The van der Waals surface area contributed by atoms with Crippen molar-refractivity contribution >= 4 is 23.3 Å². The molecule has 0 heterocycles. The van der Waals surface area contributed by atoms with Gasteiger partial charge in [-0.2, -0.15) is 8.78 Å². The Bertz CT molecular complexity index is 417. The number of hydrogen-bond donors (Lipinski definition) is 1. The fraction of sp³-hybridized carbons (Fsp3) is 0.364. The second kappa shape index (κ2) is 6.39. The second-order valence-electron chi connectivity index (χ2n) is 3.33. The number of carbonyl (C=O) groups is 1. The van der Waals surface area contributed by atoms with Gasteiger partial charge in [-0.1, -0.05) is 11.6 Å². The Balaban J connectivity index is 2.90. The van der Waals surface area contributed by atoms with E-state index in [4.69, 9.17) is 22.1 Å². The van der Waals surface area contributed by atoms with Crippen molar-refractivity contribution in [2.24, 2.45) is 0 Å². The number of esters is 1. The number of nitrogen functional groups attached to an aromatic ring is 1. The van der Waals surface area contributed by atoms with E-state index in [2.05, 4.69) is 4.74 Å². The molecule has 4 nitrogen and oxygen atoms in total. The van der Waals surface area contributed by atoms with Gasteiger partial charge in [0.05, 0.1) is 18.1 Å². The molecule has 7 heteroatoms. The number of rotatable bonds is 5. The minimum atomic E-state index is -2.96. The summed E-state index contributed by atoms with van der Waals surface area (Å²) in [6.45, 7) is -1.05. The first-order valence-corrected chi connectivity index (χ1v) is 5.50. The van der Waals surface area contributed by atoms with Crippen molar-refractivity contribution < 1.29 is 23.0 Å². The van der Waals surface area contributed by atoms with E-state index in [9.17, 15) is 13.6 Å². The number of carbonyl (C=O) groups excluding carboxylic acids is 1. The molecule has 0 aliphatic carbocycles. The van der Waals surface area contributed by atoms with Gasteiger partial charge in [-0.3, -0.25) is 4.79 Å². The second-order valence-corrected chi connectivity index (χ2v) is 3.74. The molecule has 0 aliphatic heterocycles. The Morgan fingerprint density at radius 2 is 2.17 bits per heavy atom. The van der Waals surface area contributed by atoms with E-state index in [0.29, 0.717) is 5.56 Å². The van der Waals surface area contributed by atoms with E-state index >= 15 is 0 Å². The molecule has 0 fully saturated rings. The Hall–Kier alpha value is -1.56. The van der Waals surface area contributed by atoms with Crippen LogP contribution in [0.2, 0.25) is 5.02 Å². The van der Waals surface area contributed by atoms with Gasteiger partial charge < -0.3 is 15.2 Å². The molecule has 2 N–H and O–H groups in total. The van der Waals surface area contributed by atoms with E-state index in [1.54, 1.807) is 6.92 Å². The molecule has 0 spiro atoms. The lowest BCUT2D eigenvalue weighted by Crippen LogP contribution is -2.10. The number of alkyl halides is 2. The molecule has 0 aliphatic rings. The van der Waals surface area contributed by atoms with Crippen molar-refractivity contribution in [3.8, 4) is 5.75 Å². The summed E-state index contributed by atoms with van der Waals surface area (Å²) in [6.07, 6.45) is -0.118. The van der Waals surface area contributed by atoms with Crippen LogP contribution in [0.25, 0.3) is 0 Å². The predicted octanol–water partition coefficient (Wildman–Crippen LogP) is 2.63. The highest BCUT2D eigenvalue weighted by molar-refractivity contribution is 6.32. The molecule has 1 aromatic rings. The first-order chi connectivity index (χ1) is 8.43. The number of benzene rings is 1. The number of hydrogen-bond acceptors (Lipinski definition) is 4. The van der Waals surface area contributed by atoms with Crippen molar-refractivity contribution in [1.29, 1.82) is 0 Å². The molecule has 0 saturated carbocycles. The fourth-order valence-electron chi connectivity index (χ4n) is 1.35. The highest BCUT2D eigenvalue weighted by Crippen LogP contribution is 2.30. The van der Waals surface area contributed by atoms with Gasteiger partial charge in [-0.05, 0) is 13.0 Å².